The van der Waals surface area contributed by atoms with Gasteiger partial charge < -0.3 is 4.90 Å². The van der Waals surface area contributed by atoms with Gasteiger partial charge in [0.25, 0.3) is 0 Å². The molecule has 0 N–H and O–H groups in total. The molecule has 1 amide bonds. The van der Waals surface area contributed by atoms with Gasteiger partial charge in [-0.1, -0.05) is 6.07 Å². The van der Waals surface area contributed by atoms with Gasteiger partial charge in [-0.3, -0.25) is 9.48 Å². The van der Waals surface area contributed by atoms with Crippen LogP contribution >= 0.6 is 0 Å². The van der Waals surface area contributed by atoms with Gasteiger partial charge in [-0.05, 0) is 93.9 Å². The first-order valence-corrected chi connectivity index (χ1v) is 16.3. The van der Waals surface area contributed by atoms with Crippen LogP contribution in [-0.2, 0) is 27.1 Å². The van der Waals surface area contributed by atoms with Crippen molar-refractivity contribution >= 4 is 21.4 Å². The monoisotopic (exact) mass is 559 g/mol. The molecule has 5 aliphatic carbocycles. The van der Waals surface area contributed by atoms with Crippen LogP contribution in [0, 0.1) is 11.3 Å². The maximum atomic E-state index is 13.9. The first kappa shape index (κ1) is 26.9. The Morgan fingerprint density at radius 1 is 1.00 bits per heavy atom. The van der Waals surface area contributed by atoms with Crippen LogP contribution in [0.4, 0.5) is 14.5 Å². The fourth-order valence-electron chi connectivity index (χ4n) is 7.47. The summed E-state index contributed by atoms with van der Waals surface area (Å²) >= 11 is 0. The summed E-state index contributed by atoms with van der Waals surface area (Å²) < 4.78 is 54.5. The Morgan fingerprint density at radius 2 is 1.64 bits per heavy atom. The highest BCUT2D eigenvalue weighted by Crippen LogP contribution is 2.58. The van der Waals surface area contributed by atoms with Crippen molar-refractivity contribution in [1.82, 2.24) is 9.78 Å². The Labute approximate surface area is 230 Å². The summed E-state index contributed by atoms with van der Waals surface area (Å²) in [6, 6.07) is 8.91. The third-order valence-electron chi connectivity index (χ3n) is 10.2. The molecule has 0 saturated heterocycles. The third-order valence-corrected chi connectivity index (χ3v) is 11.3. The van der Waals surface area contributed by atoms with Gasteiger partial charge in [-0.2, -0.15) is 5.10 Å². The van der Waals surface area contributed by atoms with Gasteiger partial charge in [0.05, 0.1) is 10.6 Å². The van der Waals surface area contributed by atoms with Crippen LogP contribution in [0.5, 0.6) is 0 Å². The van der Waals surface area contributed by atoms with E-state index >= 15 is 0 Å². The topological polar surface area (TPSA) is 72.3 Å². The second-order valence-corrected chi connectivity index (χ2v) is 15.0. The van der Waals surface area contributed by atoms with Gasteiger partial charge in [0, 0.05) is 61.3 Å². The number of halogens is 2. The summed E-state index contributed by atoms with van der Waals surface area (Å²) in [4.78, 5) is 15.8. The summed E-state index contributed by atoms with van der Waals surface area (Å²) in [6.45, 7) is 0.501. The van der Waals surface area contributed by atoms with E-state index in [0.717, 1.165) is 44.8 Å². The minimum Gasteiger partial charge on any atom is -0.312 e. The number of alkyl halides is 2. The zero-order chi connectivity index (χ0) is 27.6. The van der Waals surface area contributed by atoms with E-state index in [9.17, 15) is 22.0 Å². The van der Waals surface area contributed by atoms with Gasteiger partial charge >= 0.3 is 0 Å². The van der Waals surface area contributed by atoms with Gasteiger partial charge in [0.2, 0.25) is 11.8 Å². The highest BCUT2D eigenvalue weighted by atomic mass is 32.2. The number of rotatable bonds is 7. The van der Waals surface area contributed by atoms with E-state index in [-0.39, 0.29) is 47.3 Å². The number of fused-ring (bicyclic) bond motifs is 3. The molecular weight excluding hydrogens is 520 g/mol. The number of carbonyl (C=O) groups is 1. The summed E-state index contributed by atoms with van der Waals surface area (Å²) in [6.07, 6.45) is 9.46. The van der Waals surface area contributed by atoms with E-state index in [2.05, 4.69) is 17.8 Å². The maximum absolute atomic E-state index is 13.9. The van der Waals surface area contributed by atoms with Crippen LogP contribution in [-0.4, -0.2) is 42.8 Å². The molecule has 1 heterocycles. The summed E-state index contributed by atoms with van der Waals surface area (Å²) in [5.74, 6) is -2.70. The highest BCUT2D eigenvalue weighted by molar-refractivity contribution is 7.90. The van der Waals surface area contributed by atoms with Gasteiger partial charge in [-0.15, -0.1) is 0 Å². The van der Waals surface area contributed by atoms with Crippen molar-refractivity contribution in [2.75, 3.05) is 17.7 Å². The Hall–Kier alpha value is -2.29. The SMILES string of the molecule is Cn1nc(C2CC2)cc1C12CCC(CN(C(=O)C3CCC(F)(F)CC3)c3cccc(S(C)(=O)=O)c3)(CC1)CC2. The van der Waals surface area contributed by atoms with Crippen LogP contribution in [0.25, 0.3) is 0 Å². The van der Waals surface area contributed by atoms with Crippen molar-refractivity contribution in [2.45, 2.75) is 99.2 Å². The molecule has 7 rings (SSSR count). The quantitative estimate of drug-likeness (QED) is 0.408. The second kappa shape index (κ2) is 9.38. The molecule has 1 aromatic carbocycles. The number of aromatic nitrogens is 2. The number of amides is 1. The third kappa shape index (κ3) is 5.16. The summed E-state index contributed by atoms with van der Waals surface area (Å²) in [5, 5.41) is 4.84. The number of anilines is 1. The summed E-state index contributed by atoms with van der Waals surface area (Å²) in [5.41, 5.74) is 3.18. The Kier molecular flexibility index (Phi) is 6.47. The molecular formula is C30H39F2N3O3S. The molecule has 5 fully saturated rings. The number of sulfone groups is 1. The van der Waals surface area contributed by atoms with E-state index in [1.54, 1.807) is 29.2 Å². The predicted octanol–water partition coefficient (Wildman–Crippen LogP) is 6.15. The number of nitrogens with zero attached hydrogens (tertiary/aromatic N) is 3. The smallest absolute Gasteiger partial charge is 0.248 e. The van der Waals surface area contributed by atoms with Crippen LogP contribution in [0.1, 0.15) is 94.4 Å². The van der Waals surface area contributed by atoms with E-state index in [1.165, 1.54) is 24.2 Å². The molecule has 2 aromatic rings. The van der Waals surface area contributed by atoms with E-state index in [0.29, 0.717) is 18.2 Å². The van der Waals surface area contributed by atoms with E-state index < -0.39 is 21.7 Å². The maximum Gasteiger partial charge on any atom is 0.248 e. The lowest BCUT2D eigenvalue weighted by Crippen LogP contribution is -2.52. The van der Waals surface area contributed by atoms with Crippen molar-refractivity contribution in [1.29, 1.82) is 0 Å². The van der Waals surface area contributed by atoms with Crippen molar-refractivity contribution in [3.8, 4) is 0 Å². The minimum absolute atomic E-state index is 0.0605. The van der Waals surface area contributed by atoms with E-state index in [4.69, 9.17) is 5.10 Å². The fourth-order valence-corrected chi connectivity index (χ4v) is 8.13. The van der Waals surface area contributed by atoms with Crippen LogP contribution in [0.2, 0.25) is 0 Å². The minimum atomic E-state index is -3.46. The van der Waals surface area contributed by atoms with Crippen LogP contribution in [0.3, 0.4) is 0 Å². The molecule has 39 heavy (non-hydrogen) atoms. The standard InChI is InChI=1S/C30H39F2N3O3S/c1-34-26(19-25(33-34)21-6-7-21)29-15-12-28(13-16-29,14-17-29)20-35(23-4-3-5-24(18-23)39(2,37)38)27(36)22-8-10-30(31,32)11-9-22/h3-5,18-19,21-22H,6-17,20H2,1-2H3. The molecule has 1 aromatic heterocycles. The molecule has 9 heteroatoms. The number of benzene rings is 1. The van der Waals surface area contributed by atoms with Crippen molar-refractivity contribution in [3.05, 3.63) is 41.7 Å². The lowest BCUT2D eigenvalue weighted by Gasteiger charge is -2.54. The Morgan fingerprint density at radius 3 is 2.23 bits per heavy atom. The van der Waals surface area contributed by atoms with E-state index in [1.807, 2.05) is 0 Å². The first-order chi connectivity index (χ1) is 18.4. The molecule has 0 radical (unpaired) electrons. The average molecular weight is 560 g/mol. The lowest BCUT2D eigenvalue weighted by atomic mass is 9.52. The van der Waals surface area contributed by atoms with Gasteiger partial charge in [0.15, 0.2) is 9.84 Å². The van der Waals surface area contributed by atoms with Crippen LogP contribution < -0.4 is 4.90 Å². The first-order valence-electron chi connectivity index (χ1n) is 14.4. The van der Waals surface area contributed by atoms with Crippen LogP contribution in [0.15, 0.2) is 35.2 Å². The Bertz CT molecular complexity index is 1350. The molecule has 5 aliphatic rings. The Balaban J connectivity index is 1.26. The molecule has 0 atom stereocenters. The number of aryl methyl sites for hydroxylation is 1. The molecule has 0 unspecified atom stereocenters. The largest absolute Gasteiger partial charge is 0.312 e. The second-order valence-electron chi connectivity index (χ2n) is 13.0. The average Bonchev–Trinajstić information content (AvgIpc) is 3.69. The molecule has 0 spiro atoms. The molecule has 212 valence electrons. The summed E-state index contributed by atoms with van der Waals surface area (Å²) in [7, 11) is -1.39. The van der Waals surface area contributed by atoms with Gasteiger partial charge in [-0.25, -0.2) is 17.2 Å². The molecule has 2 bridgehead atoms. The molecule has 6 nitrogen and oxygen atoms in total. The number of hydrogen-bond donors (Lipinski definition) is 0. The number of hydrogen-bond acceptors (Lipinski definition) is 4. The molecule has 0 aliphatic heterocycles. The predicted molar refractivity (Wildman–Crippen MR) is 146 cm³/mol. The highest BCUT2D eigenvalue weighted by Gasteiger charge is 2.52. The normalized spacial score (nSPS) is 28.9. The lowest BCUT2D eigenvalue weighted by molar-refractivity contribution is -0.127. The van der Waals surface area contributed by atoms with Gasteiger partial charge in [0.1, 0.15) is 0 Å². The fraction of sp³-hybridized carbons (Fsp3) is 0.667. The number of carbonyl (C=O) groups excluding carboxylic acids is 1. The van der Waals surface area contributed by atoms with Crippen molar-refractivity contribution in [2.24, 2.45) is 18.4 Å². The van der Waals surface area contributed by atoms with Crippen molar-refractivity contribution in [3.63, 3.8) is 0 Å². The zero-order valence-corrected chi connectivity index (χ0v) is 23.8. The zero-order valence-electron chi connectivity index (χ0n) is 23.0. The molecule has 5 saturated carbocycles. The van der Waals surface area contributed by atoms with Crippen molar-refractivity contribution < 1.29 is 22.0 Å².